The number of nitro groups is 1. The highest BCUT2D eigenvalue weighted by molar-refractivity contribution is 7.99. The third-order valence-corrected chi connectivity index (χ3v) is 4.98. The number of aromatic nitrogens is 3. The summed E-state index contributed by atoms with van der Waals surface area (Å²) in [5.74, 6) is 1.15. The van der Waals surface area contributed by atoms with Gasteiger partial charge in [0, 0.05) is 24.9 Å². The van der Waals surface area contributed by atoms with Gasteiger partial charge in [-0.25, -0.2) is 0 Å². The molecule has 0 saturated heterocycles. The van der Waals surface area contributed by atoms with Crippen molar-refractivity contribution in [2.24, 2.45) is 7.05 Å². The van der Waals surface area contributed by atoms with Gasteiger partial charge in [-0.15, -0.1) is 10.2 Å². The van der Waals surface area contributed by atoms with Crippen molar-refractivity contribution in [3.8, 4) is 5.75 Å². The molecule has 10 heteroatoms. The van der Waals surface area contributed by atoms with Crippen LogP contribution in [0.2, 0.25) is 0 Å². The summed E-state index contributed by atoms with van der Waals surface area (Å²) >= 11 is 1.22. The van der Waals surface area contributed by atoms with Gasteiger partial charge in [0.05, 0.1) is 10.7 Å². The molecule has 9 nitrogen and oxygen atoms in total. The molecule has 0 aliphatic rings. The molecule has 1 N–H and O–H groups in total. The van der Waals surface area contributed by atoms with E-state index in [1.165, 1.54) is 30.0 Å². The summed E-state index contributed by atoms with van der Waals surface area (Å²) in [7, 11) is 1.81. The monoisotopic (exact) mass is 413 g/mol. The highest BCUT2D eigenvalue weighted by Crippen LogP contribution is 2.24. The fourth-order valence-corrected chi connectivity index (χ4v) is 3.30. The minimum absolute atomic E-state index is 0.0826. The average molecular weight is 413 g/mol. The number of nitrogens with zero attached hydrogens (tertiary/aromatic N) is 4. The first-order valence-corrected chi connectivity index (χ1v) is 9.70. The Bertz CT molecular complexity index is 1010. The van der Waals surface area contributed by atoms with E-state index in [9.17, 15) is 14.9 Å². The smallest absolute Gasteiger partial charge is 0.271 e. The summed E-state index contributed by atoms with van der Waals surface area (Å²) in [6.07, 6.45) is -0.317. The van der Waals surface area contributed by atoms with Crippen molar-refractivity contribution in [1.29, 1.82) is 0 Å². The van der Waals surface area contributed by atoms with Crippen LogP contribution in [-0.4, -0.2) is 31.3 Å². The van der Waals surface area contributed by atoms with E-state index < -0.39 is 4.92 Å². The maximum absolute atomic E-state index is 12.2. The Balaban J connectivity index is 1.58. The number of para-hydroxylation sites is 1. The van der Waals surface area contributed by atoms with E-state index >= 15 is 0 Å². The molecule has 0 radical (unpaired) electrons. The highest BCUT2D eigenvalue weighted by Gasteiger charge is 2.18. The van der Waals surface area contributed by atoms with Gasteiger partial charge in [-0.05, 0) is 25.1 Å². The number of benzene rings is 2. The van der Waals surface area contributed by atoms with Gasteiger partial charge in [0.15, 0.2) is 17.1 Å². The van der Waals surface area contributed by atoms with Crippen molar-refractivity contribution in [3.63, 3.8) is 0 Å². The summed E-state index contributed by atoms with van der Waals surface area (Å²) in [4.78, 5) is 22.5. The van der Waals surface area contributed by atoms with Gasteiger partial charge < -0.3 is 14.6 Å². The molecule has 1 aromatic heterocycles. The maximum Gasteiger partial charge on any atom is 0.271 e. The quantitative estimate of drug-likeness (QED) is 0.341. The number of nitro benzene ring substituents is 1. The largest absolute Gasteiger partial charge is 0.483 e. The molecule has 0 saturated carbocycles. The van der Waals surface area contributed by atoms with Crippen LogP contribution in [0.4, 0.5) is 11.4 Å². The molecule has 1 heterocycles. The molecule has 2 aromatic carbocycles. The number of hydrogen-bond donors (Lipinski definition) is 1. The van der Waals surface area contributed by atoms with Crippen LogP contribution < -0.4 is 10.1 Å². The number of anilines is 1. The summed E-state index contributed by atoms with van der Waals surface area (Å²) in [5.41, 5.74) is 0.286. The van der Waals surface area contributed by atoms with Gasteiger partial charge in [-0.2, -0.15) is 0 Å². The van der Waals surface area contributed by atoms with Crippen molar-refractivity contribution >= 4 is 29.0 Å². The highest BCUT2D eigenvalue weighted by atomic mass is 32.2. The number of ether oxygens (including phenoxy) is 1. The molecule has 1 amide bonds. The van der Waals surface area contributed by atoms with Crippen LogP contribution in [0.1, 0.15) is 18.9 Å². The first kappa shape index (κ1) is 20.3. The van der Waals surface area contributed by atoms with E-state index in [0.717, 1.165) is 5.75 Å². The predicted octanol–water partition coefficient (Wildman–Crippen LogP) is 3.59. The fourth-order valence-electron chi connectivity index (χ4n) is 2.59. The Morgan fingerprint density at radius 1 is 1.24 bits per heavy atom. The van der Waals surface area contributed by atoms with E-state index in [1.807, 2.05) is 37.3 Å². The fraction of sp³-hybridized carbons (Fsp3) is 0.211. The van der Waals surface area contributed by atoms with Gasteiger partial charge in [0.2, 0.25) is 5.91 Å². The van der Waals surface area contributed by atoms with Crippen LogP contribution in [0, 0.1) is 10.1 Å². The Morgan fingerprint density at radius 2 is 2.00 bits per heavy atom. The second-order valence-corrected chi connectivity index (χ2v) is 7.06. The van der Waals surface area contributed by atoms with E-state index in [2.05, 4.69) is 15.5 Å². The van der Waals surface area contributed by atoms with Crippen LogP contribution in [-0.2, 0) is 11.8 Å². The third kappa shape index (κ3) is 5.32. The number of carbonyl (C=O) groups excluding carboxylic acids is 1. The first-order valence-electron chi connectivity index (χ1n) is 8.72. The summed E-state index contributed by atoms with van der Waals surface area (Å²) < 4.78 is 7.64. The molecule has 0 spiro atoms. The zero-order valence-corrected chi connectivity index (χ0v) is 16.6. The van der Waals surface area contributed by atoms with Crippen LogP contribution in [0.5, 0.6) is 5.75 Å². The number of carbonyl (C=O) groups is 1. The van der Waals surface area contributed by atoms with Gasteiger partial charge in [-0.1, -0.05) is 36.0 Å². The number of non-ortho nitro benzene ring substituents is 1. The third-order valence-electron chi connectivity index (χ3n) is 3.96. The molecule has 1 atom stereocenters. The molecule has 150 valence electrons. The van der Waals surface area contributed by atoms with Crippen molar-refractivity contribution in [3.05, 3.63) is 70.5 Å². The average Bonchev–Trinajstić information content (AvgIpc) is 3.08. The Kier molecular flexibility index (Phi) is 6.45. The molecular formula is C19H19N5O4S. The van der Waals surface area contributed by atoms with Crippen molar-refractivity contribution < 1.29 is 14.5 Å². The molecule has 0 aliphatic heterocycles. The van der Waals surface area contributed by atoms with Gasteiger partial charge >= 0.3 is 0 Å². The Labute approximate surface area is 171 Å². The molecule has 0 unspecified atom stereocenters. The Hall–Kier alpha value is -3.40. The number of hydrogen-bond acceptors (Lipinski definition) is 7. The van der Waals surface area contributed by atoms with E-state index in [-0.39, 0.29) is 23.5 Å². The molecule has 3 rings (SSSR count). The standard InChI is InChI=1S/C19H19N5O4S/c1-13(28-16-9-4-3-5-10-16)18-21-22-19(23(18)2)29-12-17(25)20-14-7-6-8-15(11-14)24(26)27/h3-11,13H,12H2,1-2H3,(H,20,25)/t13-/m1/s1. The van der Waals surface area contributed by atoms with Crippen LogP contribution in [0.15, 0.2) is 59.8 Å². The molecule has 0 aliphatic carbocycles. The lowest BCUT2D eigenvalue weighted by molar-refractivity contribution is -0.384. The number of nitrogens with one attached hydrogen (secondary N) is 1. The summed E-state index contributed by atoms with van der Waals surface area (Å²) in [5, 5.41) is 22.3. The molecular weight excluding hydrogens is 394 g/mol. The second-order valence-electron chi connectivity index (χ2n) is 6.12. The van der Waals surface area contributed by atoms with Crippen molar-refractivity contribution in [1.82, 2.24) is 14.8 Å². The number of amides is 1. The molecule has 0 fully saturated rings. The maximum atomic E-state index is 12.2. The van der Waals surface area contributed by atoms with Crippen molar-refractivity contribution in [2.75, 3.05) is 11.1 Å². The molecule has 3 aromatic rings. The minimum atomic E-state index is -0.510. The summed E-state index contributed by atoms with van der Waals surface area (Å²) in [6, 6.07) is 15.2. The lowest BCUT2D eigenvalue weighted by atomic mass is 10.3. The number of rotatable bonds is 8. The van der Waals surface area contributed by atoms with Gasteiger partial charge in [-0.3, -0.25) is 14.9 Å². The molecule has 0 bridgehead atoms. The van der Waals surface area contributed by atoms with Crippen LogP contribution in [0.25, 0.3) is 0 Å². The van der Waals surface area contributed by atoms with Gasteiger partial charge in [0.25, 0.3) is 5.69 Å². The lowest BCUT2D eigenvalue weighted by Gasteiger charge is -2.14. The number of thioether (sulfide) groups is 1. The first-order chi connectivity index (χ1) is 13.9. The van der Waals surface area contributed by atoms with E-state index in [0.29, 0.717) is 16.7 Å². The Morgan fingerprint density at radius 3 is 2.72 bits per heavy atom. The normalized spacial score (nSPS) is 11.7. The second kappa shape index (κ2) is 9.20. The van der Waals surface area contributed by atoms with Crippen LogP contribution in [0.3, 0.4) is 0 Å². The predicted molar refractivity (Wildman–Crippen MR) is 109 cm³/mol. The summed E-state index contributed by atoms with van der Waals surface area (Å²) in [6.45, 7) is 1.88. The topological polar surface area (TPSA) is 112 Å². The van der Waals surface area contributed by atoms with E-state index in [1.54, 1.807) is 17.7 Å². The zero-order valence-electron chi connectivity index (χ0n) is 15.8. The molecule has 29 heavy (non-hydrogen) atoms. The van der Waals surface area contributed by atoms with Gasteiger partial charge in [0.1, 0.15) is 5.75 Å². The van der Waals surface area contributed by atoms with Crippen molar-refractivity contribution in [2.45, 2.75) is 18.2 Å². The lowest BCUT2D eigenvalue weighted by Crippen LogP contribution is -2.15. The van der Waals surface area contributed by atoms with Crippen LogP contribution >= 0.6 is 11.8 Å². The minimum Gasteiger partial charge on any atom is -0.483 e. The van der Waals surface area contributed by atoms with E-state index in [4.69, 9.17) is 4.74 Å². The SMILES string of the molecule is C[C@@H](Oc1ccccc1)c1nnc(SCC(=O)Nc2cccc([N+](=O)[O-])c2)n1C. The zero-order chi connectivity index (χ0) is 20.8.